The molecule has 0 aliphatic heterocycles. The zero-order chi connectivity index (χ0) is 12.6. The molecule has 16 heavy (non-hydrogen) atoms. The van der Waals surface area contributed by atoms with E-state index in [1.54, 1.807) is 0 Å². The Balaban J connectivity index is 4.28. The Kier molecular flexibility index (Phi) is 7.99. The van der Waals surface area contributed by atoms with E-state index >= 15 is 0 Å². The van der Waals surface area contributed by atoms with E-state index in [-0.39, 0.29) is 0 Å². The average molecular weight is 228 g/mol. The fourth-order valence-electron chi connectivity index (χ4n) is 1.39. The summed E-state index contributed by atoms with van der Waals surface area (Å²) in [5.74, 6) is 1.30. The smallest absolute Gasteiger partial charge is 0.191 e. The lowest BCUT2D eigenvalue weighted by Crippen LogP contribution is -2.43. The predicted molar refractivity (Wildman–Crippen MR) is 71.7 cm³/mol. The molecule has 0 atom stereocenters. The average Bonchev–Trinajstić information content (AvgIpc) is 2.19. The van der Waals surface area contributed by atoms with Gasteiger partial charge in [-0.05, 0) is 26.4 Å². The van der Waals surface area contributed by atoms with E-state index in [2.05, 4.69) is 49.7 Å². The number of aliphatic imine (C=N–C) groups is 1. The van der Waals surface area contributed by atoms with Gasteiger partial charge in [0.2, 0.25) is 0 Å². The van der Waals surface area contributed by atoms with Crippen LogP contribution in [0.25, 0.3) is 0 Å². The Morgan fingerprint density at radius 2 is 1.88 bits per heavy atom. The minimum atomic E-state index is 0.609. The Labute approximate surface area is 101 Å². The van der Waals surface area contributed by atoms with Crippen LogP contribution in [0.15, 0.2) is 4.99 Å². The maximum absolute atomic E-state index is 6.00. The van der Waals surface area contributed by atoms with Gasteiger partial charge in [-0.15, -0.1) is 0 Å². The molecule has 0 rings (SSSR count). The summed E-state index contributed by atoms with van der Waals surface area (Å²) in [4.78, 5) is 8.72. The molecule has 0 saturated carbocycles. The van der Waals surface area contributed by atoms with E-state index in [4.69, 9.17) is 5.73 Å². The van der Waals surface area contributed by atoms with Crippen molar-refractivity contribution in [2.45, 2.75) is 27.2 Å². The summed E-state index contributed by atoms with van der Waals surface area (Å²) >= 11 is 0. The Hall–Kier alpha value is -0.770. The van der Waals surface area contributed by atoms with Crippen LogP contribution in [0.1, 0.15) is 27.2 Å². The Morgan fingerprint density at radius 3 is 2.31 bits per heavy atom. The molecule has 0 aromatic rings. The highest BCUT2D eigenvalue weighted by molar-refractivity contribution is 5.78. The molecule has 0 aliphatic rings. The number of rotatable bonds is 7. The van der Waals surface area contributed by atoms with Gasteiger partial charge in [0.05, 0.1) is 0 Å². The van der Waals surface area contributed by atoms with E-state index in [0.717, 1.165) is 32.6 Å². The number of nitrogens with zero attached hydrogens (tertiary/aromatic N) is 3. The highest BCUT2D eigenvalue weighted by Crippen LogP contribution is 1.99. The number of nitrogens with two attached hydrogens (primary N) is 1. The molecule has 0 aromatic heterocycles. The third kappa shape index (κ3) is 7.51. The van der Waals surface area contributed by atoms with Crippen molar-refractivity contribution < 1.29 is 0 Å². The first-order chi connectivity index (χ1) is 7.47. The lowest BCUT2D eigenvalue weighted by atomic mass is 10.2. The van der Waals surface area contributed by atoms with Crippen LogP contribution >= 0.6 is 0 Å². The maximum atomic E-state index is 6.00. The van der Waals surface area contributed by atoms with Crippen molar-refractivity contribution >= 4 is 5.96 Å². The molecule has 2 N–H and O–H groups in total. The topological polar surface area (TPSA) is 44.9 Å². The van der Waals surface area contributed by atoms with Gasteiger partial charge in [0.1, 0.15) is 0 Å². The number of likely N-dealkylation sites (N-methyl/N-ethyl adjacent to an activating group) is 1. The quantitative estimate of drug-likeness (QED) is 0.526. The first-order valence-corrected chi connectivity index (χ1v) is 6.17. The molecular formula is C12H28N4. The largest absolute Gasteiger partial charge is 0.370 e. The molecule has 4 nitrogen and oxygen atoms in total. The fourth-order valence-corrected chi connectivity index (χ4v) is 1.39. The first-order valence-electron chi connectivity index (χ1n) is 6.17. The Morgan fingerprint density at radius 1 is 1.25 bits per heavy atom. The molecule has 0 saturated heterocycles. The van der Waals surface area contributed by atoms with E-state index < -0.39 is 0 Å². The molecule has 0 radical (unpaired) electrons. The van der Waals surface area contributed by atoms with E-state index in [0.29, 0.717) is 11.9 Å². The second kappa shape index (κ2) is 8.39. The van der Waals surface area contributed by atoms with Crippen LogP contribution in [0.5, 0.6) is 0 Å². The summed E-state index contributed by atoms with van der Waals surface area (Å²) in [6.45, 7) is 10.3. The van der Waals surface area contributed by atoms with Crippen LogP contribution in [0, 0.1) is 5.92 Å². The Bertz CT molecular complexity index is 199. The van der Waals surface area contributed by atoms with Gasteiger partial charge in [-0.1, -0.05) is 20.8 Å². The van der Waals surface area contributed by atoms with Crippen LogP contribution in [0.4, 0.5) is 0 Å². The third-order valence-corrected chi connectivity index (χ3v) is 2.22. The van der Waals surface area contributed by atoms with Crippen LogP contribution < -0.4 is 5.73 Å². The second-order valence-electron chi connectivity index (χ2n) is 4.88. The molecular weight excluding hydrogens is 200 g/mol. The molecule has 0 aliphatic carbocycles. The van der Waals surface area contributed by atoms with Gasteiger partial charge in [0, 0.05) is 26.2 Å². The van der Waals surface area contributed by atoms with Gasteiger partial charge in [-0.2, -0.15) is 0 Å². The van der Waals surface area contributed by atoms with Crippen LogP contribution in [-0.4, -0.2) is 56.0 Å². The summed E-state index contributed by atoms with van der Waals surface area (Å²) in [6.07, 6.45) is 1.05. The zero-order valence-electron chi connectivity index (χ0n) is 11.5. The van der Waals surface area contributed by atoms with Crippen molar-refractivity contribution in [2.24, 2.45) is 16.6 Å². The van der Waals surface area contributed by atoms with Crippen molar-refractivity contribution in [1.29, 1.82) is 0 Å². The van der Waals surface area contributed by atoms with E-state index in [9.17, 15) is 0 Å². The second-order valence-corrected chi connectivity index (χ2v) is 4.88. The van der Waals surface area contributed by atoms with Crippen LogP contribution in [-0.2, 0) is 0 Å². The molecule has 0 heterocycles. The summed E-state index contributed by atoms with van der Waals surface area (Å²) in [5, 5.41) is 0. The van der Waals surface area contributed by atoms with Gasteiger partial charge in [0.25, 0.3) is 0 Å². The molecule has 0 aromatic carbocycles. The summed E-state index contributed by atoms with van der Waals surface area (Å²) in [6, 6.07) is 0. The first kappa shape index (κ1) is 15.2. The monoisotopic (exact) mass is 228 g/mol. The minimum Gasteiger partial charge on any atom is -0.370 e. The zero-order valence-corrected chi connectivity index (χ0v) is 11.5. The SMILES string of the molecule is CCCN=C(N)N(CCN(C)C)CC(C)C. The number of hydrogen-bond donors (Lipinski definition) is 1. The predicted octanol–water partition coefficient (Wildman–Crippen LogP) is 1.23. The molecule has 0 spiro atoms. The molecule has 0 fully saturated rings. The highest BCUT2D eigenvalue weighted by Gasteiger charge is 2.09. The standard InChI is InChI=1S/C12H28N4/c1-6-7-14-12(13)16(10-11(2)3)9-8-15(4)5/h11H,6-10H2,1-5H3,(H2,13,14). The normalized spacial score (nSPS) is 12.6. The maximum Gasteiger partial charge on any atom is 0.191 e. The van der Waals surface area contributed by atoms with Crippen LogP contribution in [0.2, 0.25) is 0 Å². The van der Waals surface area contributed by atoms with Crippen molar-refractivity contribution in [1.82, 2.24) is 9.80 Å². The molecule has 0 bridgehead atoms. The molecule has 0 unspecified atom stereocenters. The van der Waals surface area contributed by atoms with E-state index in [1.807, 2.05) is 0 Å². The summed E-state index contributed by atoms with van der Waals surface area (Å²) in [7, 11) is 4.15. The van der Waals surface area contributed by atoms with E-state index in [1.165, 1.54) is 0 Å². The summed E-state index contributed by atoms with van der Waals surface area (Å²) < 4.78 is 0. The lowest BCUT2D eigenvalue weighted by molar-refractivity contribution is 0.304. The number of hydrogen-bond acceptors (Lipinski definition) is 2. The van der Waals surface area contributed by atoms with Gasteiger partial charge in [-0.25, -0.2) is 0 Å². The minimum absolute atomic E-state index is 0.609. The molecule has 96 valence electrons. The van der Waals surface area contributed by atoms with Crippen LogP contribution in [0.3, 0.4) is 0 Å². The fraction of sp³-hybridized carbons (Fsp3) is 0.917. The lowest BCUT2D eigenvalue weighted by Gasteiger charge is -2.27. The van der Waals surface area contributed by atoms with Gasteiger partial charge in [-0.3, -0.25) is 4.99 Å². The van der Waals surface area contributed by atoms with Gasteiger partial charge in [0.15, 0.2) is 5.96 Å². The van der Waals surface area contributed by atoms with Gasteiger partial charge < -0.3 is 15.5 Å². The van der Waals surface area contributed by atoms with Crippen molar-refractivity contribution in [3.8, 4) is 0 Å². The van der Waals surface area contributed by atoms with Crippen molar-refractivity contribution in [2.75, 3.05) is 40.3 Å². The van der Waals surface area contributed by atoms with Crippen molar-refractivity contribution in [3.05, 3.63) is 0 Å². The number of guanidine groups is 1. The highest BCUT2D eigenvalue weighted by atomic mass is 15.3. The third-order valence-electron chi connectivity index (χ3n) is 2.22. The summed E-state index contributed by atoms with van der Waals surface area (Å²) in [5.41, 5.74) is 6.00. The molecule has 4 heteroatoms. The van der Waals surface area contributed by atoms with Crippen molar-refractivity contribution in [3.63, 3.8) is 0 Å². The molecule has 0 amide bonds. The van der Waals surface area contributed by atoms with Gasteiger partial charge >= 0.3 is 0 Å².